The number of nitrogens with one attached hydrogen (secondary N) is 1. The van der Waals surface area contributed by atoms with E-state index in [2.05, 4.69) is 17.1 Å². The second-order valence-electron chi connectivity index (χ2n) is 2.47. The number of rotatable bonds is 4. The van der Waals surface area contributed by atoms with Gasteiger partial charge in [-0.2, -0.15) is 5.10 Å². The largest absolute Gasteiger partial charge is 0.283 e. The third kappa shape index (κ3) is 5.47. The van der Waals surface area contributed by atoms with Crippen molar-refractivity contribution in [1.29, 1.82) is 0 Å². The van der Waals surface area contributed by atoms with Gasteiger partial charge in [-0.25, -0.2) is 0 Å². The highest BCUT2D eigenvalue weighted by atomic mass is 15.3. The van der Waals surface area contributed by atoms with Crippen LogP contribution in [0.4, 0.5) is 0 Å². The van der Waals surface area contributed by atoms with Crippen molar-refractivity contribution in [2.24, 2.45) is 5.10 Å². The summed E-state index contributed by atoms with van der Waals surface area (Å²) in [4.78, 5) is 0. The summed E-state index contributed by atoms with van der Waals surface area (Å²) < 4.78 is 0. The van der Waals surface area contributed by atoms with E-state index in [1.54, 1.807) is 12.3 Å². The van der Waals surface area contributed by atoms with Crippen LogP contribution >= 0.6 is 0 Å². The third-order valence-electron chi connectivity index (χ3n) is 1.19. The van der Waals surface area contributed by atoms with Crippen molar-refractivity contribution < 1.29 is 0 Å². The molecule has 0 saturated heterocycles. The van der Waals surface area contributed by atoms with E-state index in [1.807, 2.05) is 32.9 Å². The fourth-order valence-corrected chi connectivity index (χ4v) is 0.774. The molecule has 0 aliphatic heterocycles. The quantitative estimate of drug-likeness (QED) is 0.385. The molecule has 0 atom stereocenters. The Labute approximate surface area is 74.4 Å². The Morgan fingerprint density at radius 2 is 2.08 bits per heavy atom. The van der Waals surface area contributed by atoms with Gasteiger partial charge in [0.1, 0.15) is 0 Å². The van der Waals surface area contributed by atoms with Gasteiger partial charge in [0.2, 0.25) is 0 Å². The first kappa shape index (κ1) is 10.7. The predicted molar refractivity (Wildman–Crippen MR) is 55.0 cm³/mol. The van der Waals surface area contributed by atoms with Gasteiger partial charge in [-0.15, -0.1) is 0 Å². The molecular formula is C10H16N2. The van der Waals surface area contributed by atoms with Crippen LogP contribution in [0.25, 0.3) is 0 Å². The summed E-state index contributed by atoms with van der Waals surface area (Å²) in [5.41, 5.74) is 5.05. The van der Waals surface area contributed by atoms with Crippen LogP contribution in [-0.2, 0) is 0 Å². The summed E-state index contributed by atoms with van der Waals surface area (Å²) in [5, 5.41) is 3.89. The first-order valence-corrected chi connectivity index (χ1v) is 3.92. The average Bonchev–Trinajstić information content (AvgIpc) is 2.01. The lowest BCUT2D eigenvalue weighted by molar-refractivity contribution is 0.890. The van der Waals surface area contributed by atoms with E-state index in [-0.39, 0.29) is 0 Å². The first-order valence-electron chi connectivity index (χ1n) is 3.92. The average molecular weight is 164 g/mol. The third-order valence-corrected chi connectivity index (χ3v) is 1.19. The second kappa shape index (κ2) is 6.40. The SMILES string of the molecule is C=C/C=C(C)\C=C(/C)N/N=C\C. The lowest BCUT2D eigenvalue weighted by atomic mass is 10.2. The molecule has 0 fully saturated rings. The second-order valence-corrected chi connectivity index (χ2v) is 2.47. The summed E-state index contributed by atoms with van der Waals surface area (Å²) in [6, 6.07) is 0. The van der Waals surface area contributed by atoms with E-state index in [4.69, 9.17) is 0 Å². The van der Waals surface area contributed by atoms with Crippen molar-refractivity contribution in [3.8, 4) is 0 Å². The molecule has 0 radical (unpaired) electrons. The fourth-order valence-electron chi connectivity index (χ4n) is 0.774. The topological polar surface area (TPSA) is 24.4 Å². The van der Waals surface area contributed by atoms with Gasteiger partial charge >= 0.3 is 0 Å². The molecule has 0 aromatic heterocycles. The predicted octanol–water partition coefficient (Wildman–Crippen LogP) is 2.62. The van der Waals surface area contributed by atoms with Crippen LogP contribution in [0.2, 0.25) is 0 Å². The lowest BCUT2D eigenvalue weighted by Crippen LogP contribution is -2.01. The van der Waals surface area contributed by atoms with E-state index in [0.717, 1.165) is 11.3 Å². The molecule has 0 rings (SSSR count). The van der Waals surface area contributed by atoms with Crippen LogP contribution in [0.5, 0.6) is 0 Å². The van der Waals surface area contributed by atoms with Crippen molar-refractivity contribution in [2.75, 3.05) is 0 Å². The molecule has 0 heterocycles. The maximum absolute atomic E-state index is 3.89. The van der Waals surface area contributed by atoms with Crippen LogP contribution in [0.15, 0.2) is 41.2 Å². The maximum atomic E-state index is 3.89. The zero-order chi connectivity index (χ0) is 9.40. The molecule has 0 spiro atoms. The molecule has 0 aliphatic rings. The van der Waals surface area contributed by atoms with Crippen LogP contribution in [-0.4, -0.2) is 6.21 Å². The highest BCUT2D eigenvalue weighted by Gasteiger charge is 1.84. The van der Waals surface area contributed by atoms with Gasteiger partial charge in [0.25, 0.3) is 0 Å². The van der Waals surface area contributed by atoms with E-state index in [9.17, 15) is 0 Å². The van der Waals surface area contributed by atoms with Crippen LogP contribution in [0.3, 0.4) is 0 Å². The number of hydrazone groups is 1. The maximum Gasteiger partial charge on any atom is 0.0307 e. The Morgan fingerprint density at radius 3 is 2.58 bits per heavy atom. The Morgan fingerprint density at radius 1 is 1.42 bits per heavy atom. The first-order chi connectivity index (χ1) is 5.70. The van der Waals surface area contributed by atoms with Crippen LogP contribution in [0, 0.1) is 0 Å². The van der Waals surface area contributed by atoms with Crippen molar-refractivity contribution in [3.05, 3.63) is 36.1 Å². The van der Waals surface area contributed by atoms with Gasteiger partial charge in [-0.3, -0.25) is 5.43 Å². The minimum atomic E-state index is 1.02. The molecule has 1 N–H and O–H groups in total. The molecule has 2 heteroatoms. The van der Waals surface area contributed by atoms with Crippen molar-refractivity contribution >= 4 is 6.21 Å². The molecule has 0 aromatic carbocycles. The summed E-state index contributed by atoms with van der Waals surface area (Å²) in [7, 11) is 0. The highest BCUT2D eigenvalue weighted by molar-refractivity contribution is 5.52. The van der Waals surface area contributed by atoms with Crippen molar-refractivity contribution in [1.82, 2.24) is 5.43 Å². The minimum absolute atomic E-state index is 1.02. The molecular weight excluding hydrogens is 148 g/mol. The zero-order valence-corrected chi connectivity index (χ0v) is 7.96. The molecule has 66 valence electrons. The minimum Gasteiger partial charge on any atom is -0.283 e. The van der Waals surface area contributed by atoms with Crippen molar-refractivity contribution in [2.45, 2.75) is 20.8 Å². The zero-order valence-electron chi connectivity index (χ0n) is 7.96. The summed E-state index contributed by atoms with van der Waals surface area (Å²) >= 11 is 0. The summed E-state index contributed by atoms with van der Waals surface area (Å²) in [6.07, 6.45) is 7.43. The molecule has 0 saturated carbocycles. The molecule has 0 aromatic rings. The molecule has 0 unspecified atom stereocenters. The smallest absolute Gasteiger partial charge is 0.0307 e. The van der Waals surface area contributed by atoms with E-state index < -0.39 is 0 Å². The monoisotopic (exact) mass is 164 g/mol. The Balaban J connectivity index is 4.15. The Bertz CT molecular complexity index is 222. The van der Waals surface area contributed by atoms with E-state index >= 15 is 0 Å². The molecule has 0 aliphatic carbocycles. The molecule has 0 bridgehead atoms. The Kier molecular flexibility index (Phi) is 5.70. The van der Waals surface area contributed by atoms with Gasteiger partial charge < -0.3 is 0 Å². The van der Waals surface area contributed by atoms with Gasteiger partial charge in [0, 0.05) is 11.9 Å². The van der Waals surface area contributed by atoms with E-state index in [0.29, 0.717) is 0 Å². The fraction of sp³-hybridized carbons (Fsp3) is 0.300. The van der Waals surface area contributed by atoms with E-state index in [1.165, 1.54) is 0 Å². The standard InChI is InChI=1S/C10H16N2/c1-5-7-9(3)8-10(4)12-11-6-2/h5-8,12H,1H2,2-4H3/b9-7-,10-8+,11-6-. The Hall–Kier alpha value is -1.31. The number of hydrogen-bond donors (Lipinski definition) is 1. The van der Waals surface area contributed by atoms with Crippen LogP contribution in [0.1, 0.15) is 20.8 Å². The lowest BCUT2D eigenvalue weighted by Gasteiger charge is -1.98. The molecule has 12 heavy (non-hydrogen) atoms. The normalized spacial score (nSPS) is 13.6. The van der Waals surface area contributed by atoms with Gasteiger partial charge in [0.15, 0.2) is 0 Å². The van der Waals surface area contributed by atoms with Crippen LogP contribution < -0.4 is 5.43 Å². The number of hydrogen-bond acceptors (Lipinski definition) is 2. The number of allylic oxidation sites excluding steroid dienone is 5. The van der Waals surface area contributed by atoms with Gasteiger partial charge in [-0.05, 0) is 32.4 Å². The molecule has 2 nitrogen and oxygen atoms in total. The number of nitrogens with zero attached hydrogens (tertiary/aromatic N) is 1. The van der Waals surface area contributed by atoms with Gasteiger partial charge in [0.05, 0.1) is 0 Å². The highest BCUT2D eigenvalue weighted by Crippen LogP contribution is 1.98. The summed E-state index contributed by atoms with van der Waals surface area (Å²) in [6.45, 7) is 9.46. The van der Waals surface area contributed by atoms with Crippen molar-refractivity contribution in [3.63, 3.8) is 0 Å². The van der Waals surface area contributed by atoms with Gasteiger partial charge in [-0.1, -0.05) is 18.7 Å². The summed E-state index contributed by atoms with van der Waals surface area (Å²) in [5.74, 6) is 0. The molecule has 0 amide bonds.